The summed E-state index contributed by atoms with van der Waals surface area (Å²) in [5.41, 5.74) is 1.60. The zero-order chi connectivity index (χ0) is 14.5. The van der Waals surface area contributed by atoms with Crippen LogP contribution in [0.5, 0.6) is 0 Å². The average Bonchev–Trinajstić information content (AvgIpc) is 2.47. The maximum atomic E-state index is 10.2. The third kappa shape index (κ3) is 4.06. The maximum Gasteiger partial charge on any atom is 0.0977 e. The third-order valence-electron chi connectivity index (χ3n) is 2.89. The lowest BCUT2D eigenvalue weighted by Crippen LogP contribution is -2.12. The molecule has 0 bridgehead atoms. The van der Waals surface area contributed by atoms with Gasteiger partial charge < -0.3 is 10.4 Å². The summed E-state index contributed by atoms with van der Waals surface area (Å²) in [4.78, 5) is 1.17. The van der Waals surface area contributed by atoms with Crippen LogP contribution in [-0.4, -0.2) is 17.9 Å². The molecule has 0 saturated carbocycles. The van der Waals surface area contributed by atoms with E-state index < -0.39 is 6.10 Å². The number of anilines is 1. The van der Waals surface area contributed by atoms with Crippen molar-refractivity contribution in [3.05, 3.63) is 58.1 Å². The molecule has 20 heavy (non-hydrogen) atoms. The zero-order valence-corrected chi connectivity index (χ0v) is 13.3. The summed E-state index contributed by atoms with van der Waals surface area (Å²) in [6.07, 6.45) is 1.32. The lowest BCUT2D eigenvalue weighted by atomic mass is 10.1. The Hall–Kier alpha value is -0.870. The van der Waals surface area contributed by atoms with Crippen LogP contribution in [0.4, 0.5) is 5.69 Å². The summed E-state index contributed by atoms with van der Waals surface area (Å²) < 4.78 is 0. The number of benzene rings is 2. The number of halogens is 2. The van der Waals surface area contributed by atoms with Gasteiger partial charge in [-0.25, -0.2) is 0 Å². The van der Waals surface area contributed by atoms with Gasteiger partial charge in [-0.1, -0.05) is 29.3 Å². The van der Waals surface area contributed by atoms with Crippen LogP contribution in [0.15, 0.2) is 47.4 Å². The molecular formula is C15H15Cl2NOS. The van der Waals surface area contributed by atoms with E-state index in [2.05, 4.69) is 5.32 Å². The normalized spacial score (nSPS) is 12.2. The molecular weight excluding hydrogens is 313 g/mol. The summed E-state index contributed by atoms with van der Waals surface area (Å²) >= 11 is 13.7. The summed E-state index contributed by atoms with van der Waals surface area (Å²) in [6, 6.07) is 13.1. The van der Waals surface area contributed by atoms with Gasteiger partial charge in [-0.05, 0) is 42.7 Å². The van der Waals surface area contributed by atoms with E-state index in [1.165, 1.54) is 4.90 Å². The molecule has 0 saturated heterocycles. The SMILES string of the molecule is CSc1cccc(NCC(O)c2cc(Cl)ccc2Cl)c1. The smallest absolute Gasteiger partial charge is 0.0977 e. The highest BCUT2D eigenvalue weighted by molar-refractivity contribution is 7.98. The van der Waals surface area contributed by atoms with E-state index in [0.29, 0.717) is 22.2 Å². The summed E-state index contributed by atoms with van der Waals surface area (Å²) in [6.45, 7) is 0.373. The van der Waals surface area contributed by atoms with Gasteiger partial charge in [0.25, 0.3) is 0 Å². The number of rotatable bonds is 5. The largest absolute Gasteiger partial charge is 0.387 e. The van der Waals surface area contributed by atoms with Gasteiger partial charge in [0.15, 0.2) is 0 Å². The van der Waals surface area contributed by atoms with E-state index in [1.807, 2.05) is 30.5 Å². The predicted octanol–water partition coefficient (Wildman–Crippen LogP) is 4.86. The molecule has 0 radical (unpaired) electrons. The molecule has 0 aliphatic heterocycles. The molecule has 2 aromatic rings. The monoisotopic (exact) mass is 327 g/mol. The van der Waals surface area contributed by atoms with Crippen LogP contribution in [0.25, 0.3) is 0 Å². The van der Waals surface area contributed by atoms with Crippen molar-refractivity contribution in [1.29, 1.82) is 0 Å². The Bertz CT molecular complexity index is 592. The zero-order valence-electron chi connectivity index (χ0n) is 10.9. The van der Waals surface area contributed by atoms with Gasteiger partial charge in [-0.2, -0.15) is 0 Å². The second-order valence-corrected chi connectivity index (χ2v) is 6.02. The fourth-order valence-electron chi connectivity index (χ4n) is 1.83. The van der Waals surface area contributed by atoms with Crippen molar-refractivity contribution in [2.24, 2.45) is 0 Å². The lowest BCUT2D eigenvalue weighted by Gasteiger charge is -2.15. The standard InChI is InChI=1S/C15H15Cl2NOS/c1-20-12-4-2-3-11(8-12)18-9-15(19)13-7-10(16)5-6-14(13)17/h2-8,15,18-19H,9H2,1H3. The highest BCUT2D eigenvalue weighted by Gasteiger charge is 2.12. The molecule has 1 atom stereocenters. The van der Waals surface area contributed by atoms with E-state index >= 15 is 0 Å². The van der Waals surface area contributed by atoms with Gasteiger partial charge in [0, 0.05) is 32.7 Å². The number of hydrogen-bond donors (Lipinski definition) is 2. The van der Waals surface area contributed by atoms with Crippen molar-refractivity contribution in [2.75, 3.05) is 18.1 Å². The van der Waals surface area contributed by atoms with Crippen LogP contribution in [0, 0.1) is 0 Å². The molecule has 0 amide bonds. The molecule has 2 rings (SSSR count). The molecule has 106 valence electrons. The van der Waals surface area contributed by atoms with Gasteiger partial charge in [-0.15, -0.1) is 11.8 Å². The second-order valence-electron chi connectivity index (χ2n) is 4.29. The Labute approximate surface area is 133 Å². The number of nitrogens with one attached hydrogen (secondary N) is 1. The minimum Gasteiger partial charge on any atom is -0.387 e. The summed E-state index contributed by atoms with van der Waals surface area (Å²) in [5.74, 6) is 0. The van der Waals surface area contributed by atoms with Crippen molar-refractivity contribution in [3.63, 3.8) is 0 Å². The second kappa shape index (κ2) is 7.23. The topological polar surface area (TPSA) is 32.3 Å². The minimum atomic E-state index is -0.709. The Kier molecular flexibility index (Phi) is 5.61. The Balaban J connectivity index is 2.04. The third-order valence-corrected chi connectivity index (χ3v) is 4.19. The van der Waals surface area contributed by atoms with Crippen LogP contribution in [0.3, 0.4) is 0 Å². The fraction of sp³-hybridized carbons (Fsp3) is 0.200. The summed E-state index contributed by atoms with van der Waals surface area (Å²) in [7, 11) is 0. The summed E-state index contributed by atoms with van der Waals surface area (Å²) in [5, 5.41) is 14.5. The molecule has 0 aliphatic rings. The average molecular weight is 328 g/mol. The Morgan fingerprint density at radius 3 is 2.75 bits per heavy atom. The van der Waals surface area contributed by atoms with E-state index in [-0.39, 0.29) is 0 Å². The van der Waals surface area contributed by atoms with Crippen molar-refractivity contribution >= 4 is 40.7 Å². The Morgan fingerprint density at radius 1 is 1.20 bits per heavy atom. The molecule has 0 fully saturated rings. The van der Waals surface area contributed by atoms with Crippen molar-refractivity contribution in [1.82, 2.24) is 0 Å². The molecule has 2 nitrogen and oxygen atoms in total. The molecule has 5 heteroatoms. The van der Waals surface area contributed by atoms with Gasteiger partial charge in [-0.3, -0.25) is 0 Å². The van der Waals surface area contributed by atoms with E-state index in [1.54, 1.807) is 30.0 Å². The predicted molar refractivity (Wildman–Crippen MR) is 88.1 cm³/mol. The lowest BCUT2D eigenvalue weighted by molar-refractivity contribution is 0.192. The van der Waals surface area contributed by atoms with Crippen molar-refractivity contribution < 1.29 is 5.11 Å². The van der Waals surface area contributed by atoms with Crippen LogP contribution in [-0.2, 0) is 0 Å². The van der Waals surface area contributed by atoms with Crippen LogP contribution in [0.1, 0.15) is 11.7 Å². The van der Waals surface area contributed by atoms with Crippen molar-refractivity contribution in [3.8, 4) is 0 Å². The first-order chi connectivity index (χ1) is 9.60. The highest BCUT2D eigenvalue weighted by Crippen LogP contribution is 2.27. The first kappa shape index (κ1) is 15.5. The molecule has 2 N–H and O–H groups in total. The number of thioether (sulfide) groups is 1. The fourth-order valence-corrected chi connectivity index (χ4v) is 2.71. The van der Waals surface area contributed by atoms with Gasteiger partial charge in [0.1, 0.15) is 0 Å². The van der Waals surface area contributed by atoms with Gasteiger partial charge >= 0.3 is 0 Å². The van der Waals surface area contributed by atoms with Crippen LogP contribution < -0.4 is 5.32 Å². The first-order valence-corrected chi connectivity index (χ1v) is 8.09. The molecule has 1 unspecified atom stereocenters. The number of aliphatic hydroxyl groups is 1. The molecule has 2 aromatic carbocycles. The van der Waals surface area contributed by atoms with E-state index in [9.17, 15) is 5.11 Å². The van der Waals surface area contributed by atoms with Gasteiger partial charge in [0.05, 0.1) is 6.10 Å². The van der Waals surface area contributed by atoms with Crippen LogP contribution >= 0.6 is 35.0 Å². The molecule has 0 aliphatic carbocycles. The maximum absolute atomic E-state index is 10.2. The minimum absolute atomic E-state index is 0.373. The van der Waals surface area contributed by atoms with Crippen molar-refractivity contribution in [2.45, 2.75) is 11.0 Å². The first-order valence-electron chi connectivity index (χ1n) is 6.11. The molecule has 0 heterocycles. The Morgan fingerprint density at radius 2 is 2.00 bits per heavy atom. The number of hydrogen-bond acceptors (Lipinski definition) is 3. The highest BCUT2D eigenvalue weighted by atomic mass is 35.5. The van der Waals surface area contributed by atoms with E-state index in [4.69, 9.17) is 23.2 Å². The quantitative estimate of drug-likeness (QED) is 0.769. The van der Waals surface area contributed by atoms with Gasteiger partial charge in [0.2, 0.25) is 0 Å². The van der Waals surface area contributed by atoms with Crippen LogP contribution in [0.2, 0.25) is 10.0 Å². The molecule has 0 spiro atoms. The number of aliphatic hydroxyl groups excluding tert-OH is 1. The van der Waals surface area contributed by atoms with E-state index in [0.717, 1.165) is 5.69 Å². The molecule has 0 aromatic heterocycles.